The van der Waals surface area contributed by atoms with Crippen LogP contribution in [0.4, 0.5) is 13.2 Å². The summed E-state index contributed by atoms with van der Waals surface area (Å²) in [6.07, 6.45) is -1.77. The molecule has 1 aliphatic rings. The highest BCUT2D eigenvalue weighted by molar-refractivity contribution is 6.30. The Balaban J connectivity index is 1.57. The topological polar surface area (TPSA) is 78.9 Å². The second-order valence-electron chi connectivity index (χ2n) is 7.95. The lowest BCUT2D eigenvalue weighted by Gasteiger charge is -2.26. The van der Waals surface area contributed by atoms with E-state index in [-0.39, 0.29) is 10.6 Å². The Morgan fingerprint density at radius 2 is 2.00 bits per heavy atom. The van der Waals surface area contributed by atoms with Gasteiger partial charge in [-0.1, -0.05) is 17.7 Å². The van der Waals surface area contributed by atoms with Crippen LogP contribution >= 0.6 is 11.6 Å². The standard InChI is InChI=1S/C23H19ClF3N5O2/c1-12-28-11-19(34-12)16-7-8-18(29-22(16)33-2)21-31-30-20-15(4-3-9-32(20)21)14-6-5-13(24)10-17(14)23(25,26)27/h5-8,10-11,15H,3-4,9H2,1-2H3/t15-/m1/s1. The zero-order valence-corrected chi connectivity index (χ0v) is 19.0. The van der Waals surface area contributed by atoms with Crippen molar-refractivity contribution in [3.05, 3.63) is 64.4 Å². The normalized spacial score (nSPS) is 15.9. The third-order valence-electron chi connectivity index (χ3n) is 5.83. The van der Waals surface area contributed by atoms with Crippen molar-refractivity contribution in [2.75, 3.05) is 7.11 Å². The summed E-state index contributed by atoms with van der Waals surface area (Å²) < 4.78 is 54.1. The highest BCUT2D eigenvalue weighted by atomic mass is 35.5. The number of hydrogen-bond acceptors (Lipinski definition) is 6. The van der Waals surface area contributed by atoms with E-state index in [0.717, 1.165) is 6.07 Å². The summed E-state index contributed by atoms with van der Waals surface area (Å²) in [6, 6.07) is 7.39. The van der Waals surface area contributed by atoms with Crippen LogP contribution in [0.25, 0.3) is 22.8 Å². The van der Waals surface area contributed by atoms with Crippen molar-refractivity contribution in [3.8, 4) is 28.7 Å². The molecule has 176 valence electrons. The number of benzene rings is 1. The Morgan fingerprint density at radius 1 is 1.18 bits per heavy atom. The second kappa shape index (κ2) is 8.43. The molecule has 0 radical (unpaired) electrons. The van der Waals surface area contributed by atoms with Crippen molar-refractivity contribution in [1.29, 1.82) is 0 Å². The first-order valence-corrected chi connectivity index (χ1v) is 10.9. The maximum atomic E-state index is 13.8. The van der Waals surface area contributed by atoms with Crippen LogP contribution in [0.3, 0.4) is 0 Å². The number of aromatic nitrogens is 5. The molecule has 4 heterocycles. The summed E-state index contributed by atoms with van der Waals surface area (Å²) in [4.78, 5) is 8.66. The van der Waals surface area contributed by atoms with Crippen molar-refractivity contribution in [3.63, 3.8) is 0 Å². The molecule has 34 heavy (non-hydrogen) atoms. The zero-order chi connectivity index (χ0) is 24.0. The lowest BCUT2D eigenvalue weighted by Crippen LogP contribution is -2.21. The van der Waals surface area contributed by atoms with Gasteiger partial charge in [-0.15, -0.1) is 10.2 Å². The third-order valence-corrected chi connectivity index (χ3v) is 6.07. The molecule has 1 aliphatic heterocycles. The Hall–Kier alpha value is -3.40. The summed E-state index contributed by atoms with van der Waals surface area (Å²) in [7, 11) is 1.49. The van der Waals surface area contributed by atoms with Crippen LogP contribution in [0.5, 0.6) is 5.88 Å². The minimum Gasteiger partial charge on any atom is -0.480 e. The van der Waals surface area contributed by atoms with Gasteiger partial charge in [0.05, 0.1) is 24.4 Å². The van der Waals surface area contributed by atoms with E-state index in [0.29, 0.717) is 59.8 Å². The summed E-state index contributed by atoms with van der Waals surface area (Å²) in [5.74, 6) is 1.70. The number of alkyl halides is 3. The van der Waals surface area contributed by atoms with Gasteiger partial charge < -0.3 is 13.7 Å². The minimum atomic E-state index is -4.53. The number of nitrogens with zero attached hydrogens (tertiary/aromatic N) is 5. The smallest absolute Gasteiger partial charge is 0.416 e. The number of halogens is 4. The molecule has 0 saturated heterocycles. The van der Waals surface area contributed by atoms with E-state index in [2.05, 4.69) is 20.2 Å². The van der Waals surface area contributed by atoms with Crippen LogP contribution < -0.4 is 4.74 Å². The van der Waals surface area contributed by atoms with Crippen LogP contribution in [0.2, 0.25) is 5.02 Å². The van der Waals surface area contributed by atoms with Gasteiger partial charge in [-0.25, -0.2) is 9.97 Å². The molecule has 0 saturated carbocycles. The predicted octanol–water partition coefficient (Wildman–Crippen LogP) is 5.91. The molecule has 11 heteroatoms. The van der Waals surface area contributed by atoms with E-state index in [1.54, 1.807) is 25.3 Å². The fourth-order valence-electron chi connectivity index (χ4n) is 4.33. The summed E-state index contributed by atoms with van der Waals surface area (Å²) >= 11 is 5.87. The van der Waals surface area contributed by atoms with Crippen LogP contribution in [0.15, 0.2) is 40.9 Å². The van der Waals surface area contributed by atoms with E-state index in [4.69, 9.17) is 20.8 Å². The quantitative estimate of drug-likeness (QED) is 0.354. The molecule has 4 aromatic rings. The van der Waals surface area contributed by atoms with Gasteiger partial charge >= 0.3 is 6.18 Å². The summed E-state index contributed by atoms with van der Waals surface area (Å²) in [6.45, 7) is 2.30. The van der Waals surface area contributed by atoms with Crippen LogP contribution in [-0.2, 0) is 12.7 Å². The first-order chi connectivity index (χ1) is 16.3. The van der Waals surface area contributed by atoms with Crippen LogP contribution in [0, 0.1) is 6.92 Å². The first-order valence-electron chi connectivity index (χ1n) is 10.5. The molecule has 1 aromatic carbocycles. The number of aryl methyl sites for hydroxylation is 1. The minimum absolute atomic E-state index is 0.0346. The van der Waals surface area contributed by atoms with Gasteiger partial charge in [0.2, 0.25) is 5.88 Å². The van der Waals surface area contributed by atoms with Gasteiger partial charge in [0.1, 0.15) is 11.5 Å². The van der Waals surface area contributed by atoms with Crippen LogP contribution in [-0.4, -0.2) is 31.8 Å². The maximum absolute atomic E-state index is 13.8. The molecule has 7 nitrogen and oxygen atoms in total. The van der Waals surface area contributed by atoms with E-state index in [1.165, 1.54) is 19.2 Å². The van der Waals surface area contributed by atoms with Gasteiger partial charge in [0.15, 0.2) is 17.5 Å². The van der Waals surface area contributed by atoms with E-state index >= 15 is 0 Å². The molecule has 3 aromatic heterocycles. The molecule has 0 aliphatic carbocycles. The van der Waals surface area contributed by atoms with Crippen molar-refractivity contribution < 1.29 is 22.3 Å². The van der Waals surface area contributed by atoms with E-state index in [1.807, 2.05) is 4.57 Å². The predicted molar refractivity (Wildman–Crippen MR) is 118 cm³/mol. The van der Waals surface area contributed by atoms with Gasteiger partial charge in [0.25, 0.3) is 0 Å². The molecule has 0 bridgehead atoms. The SMILES string of the molecule is COc1nc(-c2nnc3n2CCC[C@@H]3c2ccc(Cl)cc2C(F)(F)F)ccc1-c1cnc(C)o1. The molecular formula is C23H19ClF3N5O2. The zero-order valence-electron chi connectivity index (χ0n) is 18.2. The lowest BCUT2D eigenvalue weighted by atomic mass is 9.87. The number of pyridine rings is 1. The Morgan fingerprint density at radius 3 is 2.71 bits per heavy atom. The number of oxazole rings is 1. The third kappa shape index (κ3) is 3.91. The van der Waals surface area contributed by atoms with E-state index < -0.39 is 17.7 Å². The van der Waals surface area contributed by atoms with Crippen molar-refractivity contribution >= 4 is 11.6 Å². The van der Waals surface area contributed by atoms with Gasteiger partial charge in [-0.2, -0.15) is 13.2 Å². The molecule has 0 amide bonds. The van der Waals surface area contributed by atoms with Crippen LogP contribution in [0.1, 0.15) is 41.6 Å². The number of fused-ring (bicyclic) bond motifs is 1. The van der Waals surface area contributed by atoms with Crippen molar-refractivity contribution in [1.82, 2.24) is 24.7 Å². The molecule has 1 atom stereocenters. The molecule has 0 unspecified atom stereocenters. The molecule has 0 N–H and O–H groups in total. The fourth-order valence-corrected chi connectivity index (χ4v) is 4.50. The monoisotopic (exact) mass is 489 g/mol. The average molecular weight is 490 g/mol. The average Bonchev–Trinajstić information content (AvgIpc) is 3.44. The molecule has 0 fully saturated rings. The maximum Gasteiger partial charge on any atom is 0.416 e. The lowest BCUT2D eigenvalue weighted by molar-refractivity contribution is -0.138. The van der Waals surface area contributed by atoms with Gasteiger partial charge in [0, 0.05) is 24.4 Å². The largest absolute Gasteiger partial charge is 0.480 e. The Labute approximate surface area is 197 Å². The summed E-state index contributed by atoms with van der Waals surface area (Å²) in [5.41, 5.74) is 0.496. The highest BCUT2D eigenvalue weighted by Gasteiger charge is 2.38. The Bertz CT molecular complexity index is 1370. The number of rotatable bonds is 4. The number of methoxy groups -OCH3 is 1. The Kier molecular flexibility index (Phi) is 5.55. The van der Waals surface area contributed by atoms with Crippen molar-refractivity contribution in [2.24, 2.45) is 0 Å². The summed E-state index contributed by atoms with van der Waals surface area (Å²) in [5, 5.41) is 8.60. The van der Waals surface area contributed by atoms with Gasteiger partial charge in [-0.3, -0.25) is 0 Å². The van der Waals surface area contributed by atoms with Crippen molar-refractivity contribution in [2.45, 2.75) is 38.4 Å². The number of ether oxygens (including phenoxy) is 1. The molecule has 0 spiro atoms. The first kappa shape index (κ1) is 22.4. The van der Waals surface area contributed by atoms with Gasteiger partial charge in [-0.05, 0) is 42.7 Å². The second-order valence-corrected chi connectivity index (χ2v) is 8.39. The van der Waals surface area contributed by atoms with E-state index in [9.17, 15) is 13.2 Å². The number of hydrogen-bond donors (Lipinski definition) is 0. The fraction of sp³-hybridized carbons (Fsp3) is 0.304. The highest BCUT2D eigenvalue weighted by Crippen LogP contribution is 2.42. The molecular weight excluding hydrogens is 471 g/mol. The molecule has 5 rings (SSSR count).